The van der Waals surface area contributed by atoms with E-state index in [1.54, 1.807) is 37.4 Å². The number of ether oxygens (including phenoxy) is 1. The minimum Gasteiger partial charge on any atom is -0.479 e. The molecule has 0 radical (unpaired) electrons. The first kappa shape index (κ1) is 15.3. The number of carbonyl (C=O) groups is 2. The second kappa shape index (κ2) is 6.58. The first-order chi connectivity index (χ1) is 10.1. The average Bonchev–Trinajstić information content (AvgIpc) is 2.44. The third-order valence-electron chi connectivity index (χ3n) is 3.92. The maximum atomic E-state index is 11.9. The number of urea groups is 1. The smallest absolute Gasteiger partial charge is 0.330 e. The molecular weight excluding hydrogens is 272 g/mol. The molecule has 0 heterocycles. The van der Waals surface area contributed by atoms with Gasteiger partial charge in [0.05, 0.1) is 5.60 Å². The van der Waals surface area contributed by atoms with Gasteiger partial charge in [-0.3, -0.25) is 0 Å². The van der Waals surface area contributed by atoms with Gasteiger partial charge in [0.25, 0.3) is 0 Å². The number of benzene rings is 1. The molecule has 0 spiro atoms. The molecule has 0 aliphatic heterocycles. The van der Waals surface area contributed by atoms with Crippen LogP contribution in [0.4, 0.5) is 4.79 Å². The first-order valence-corrected chi connectivity index (χ1v) is 6.94. The lowest BCUT2D eigenvalue weighted by molar-refractivity contribution is -0.139. The van der Waals surface area contributed by atoms with E-state index in [1.807, 2.05) is 0 Å². The van der Waals surface area contributed by atoms with E-state index >= 15 is 0 Å². The zero-order valence-corrected chi connectivity index (χ0v) is 12.0. The van der Waals surface area contributed by atoms with Crippen molar-refractivity contribution in [3.05, 3.63) is 35.9 Å². The summed E-state index contributed by atoms with van der Waals surface area (Å²) in [5.74, 6) is -1.10. The van der Waals surface area contributed by atoms with Gasteiger partial charge in [-0.15, -0.1) is 0 Å². The molecule has 3 N–H and O–H groups in total. The summed E-state index contributed by atoms with van der Waals surface area (Å²) in [5.41, 5.74) is 0.244. The lowest BCUT2D eigenvalue weighted by Crippen LogP contribution is -2.52. The van der Waals surface area contributed by atoms with Crippen molar-refractivity contribution in [3.63, 3.8) is 0 Å². The predicted molar refractivity (Wildman–Crippen MR) is 76.9 cm³/mol. The number of hydrogen-bond acceptors (Lipinski definition) is 3. The molecule has 21 heavy (non-hydrogen) atoms. The summed E-state index contributed by atoms with van der Waals surface area (Å²) >= 11 is 0. The first-order valence-electron chi connectivity index (χ1n) is 6.94. The zero-order chi connectivity index (χ0) is 15.3. The van der Waals surface area contributed by atoms with Crippen LogP contribution in [0.3, 0.4) is 0 Å². The fourth-order valence-electron chi connectivity index (χ4n) is 2.38. The predicted octanol–water partition coefficient (Wildman–Crippen LogP) is 1.68. The van der Waals surface area contributed by atoms with Gasteiger partial charge in [-0.1, -0.05) is 30.3 Å². The Bertz CT molecular complexity index is 494. The van der Waals surface area contributed by atoms with E-state index in [9.17, 15) is 14.7 Å². The van der Waals surface area contributed by atoms with Gasteiger partial charge in [-0.2, -0.15) is 0 Å². The summed E-state index contributed by atoms with van der Waals surface area (Å²) in [4.78, 5) is 23.2. The van der Waals surface area contributed by atoms with E-state index in [1.165, 1.54) is 0 Å². The maximum absolute atomic E-state index is 11.9. The second-order valence-electron chi connectivity index (χ2n) is 5.25. The summed E-state index contributed by atoms with van der Waals surface area (Å²) in [6.07, 6.45) is 2.90. The van der Waals surface area contributed by atoms with Gasteiger partial charge in [0, 0.05) is 13.7 Å². The monoisotopic (exact) mass is 292 g/mol. The van der Waals surface area contributed by atoms with E-state index < -0.39 is 18.0 Å². The molecule has 1 aliphatic rings. The molecular formula is C15H20N2O4. The number of hydrogen-bond donors (Lipinski definition) is 3. The summed E-state index contributed by atoms with van der Waals surface area (Å²) in [6, 6.07) is 7.03. The van der Waals surface area contributed by atoms with Crippen LogP contribution in [-0.2, 0) is 9.53 Å². The Morgan fingerprint density at radius 3 is 2.48 bits per heavy atom. The number of carboxylic acids is 1. The van der Waals surface area contributed by atoms with E-state index in [-0.39, 0.29) is 5.60 Å². The highest BCUT2D eigenvalue weighted by molar-refractivity contribution is 5.83. The topological polar surface area (TPSA) is 87.7 Å². The van der Waals surface area contributed by atoms with Gasteiger partial charge in [0.2, 0.25) is 0 Å². The molecule has 1 fully saturated rings. The number of rotatable bonds is 6. The minimum atomic E-state index is -1.10. The quantitative estimate of drug-likeness (QED) is 0.744. The molecule has 1 aromatic rings. The molecule has 1 aliphatic carbocycles. The van der Waals surface area contributed by atoms with Gasteiger partial charge in [-0.05, 0) is 24.8 Å². The summed E-state index contributed by atoms with van der Waals surface area (Å²) in [6.45, 7) is 0.385. The third-order valence-corrected chi connectivity index (χ3v) is 3.92. The molecule has 1 aromatic carbocycles. The maximum Gasteiger partial charge on any atom is 0.330 e. The SMILES string of the molecule is COC1(CNC(=O)N[C@H](C(=O)O)c2ccccc2)CCC1. The lowest BCUT2D eigenvalue weighted by atomic mass is 9.80. The van der Waals surface area contributed by atoms with Crippen molar-refractivity contribution < 1.29 is 19.4 Å². The van der Waals surface area contributed by atoms with E-state index in [4.69, 9.17) is 4.74 Å². The van der Waals surface area contributed by atoms with Crippen molar-refractivity contribution in [1.29, 1.82) is 0 Å². The van der Waals surface area contributed by atoms with Crippen molar-refractivity contribution >= 4 is 12.0 Å². The van der Waals surface area contributed by atoms with Gasteiger partial charge >= 0.3 is 12.0 Å². The molecule has 6 nitrogen and oxygen atoms in total. The molecule has 2 rings (SSSR count). The van der Waals surface area contributed by atoms with Crippen LogP contribution in [0.2, 0.25) is 0 Å². The number of carboxylic acid groups (broad SMARTS) is 1. The van der Waals surface area contributed by atoms with Crippen molar-refractivity contribution in [2.24, 2.45) is 0 Å². The van der Waals surface area contributed by atoms with E-state index in [0.29, 0.717) is 12.1 Å². The molecule has 2 amide bonds. The van der Waals surface area contributed by atoms with Crippen molar-refractivity contribution in [2.75, 3.05) is 13.7 Å². The Balaban J connectivity index is 1.91. The van der Waals surface area contributed by atoms with Crippen LogP contribution in [0.15, 0.2) is 30.3 Å². The normalized spacial score (nSPS) is 17.4. The van der Waals surface area contributed by atoms with E-state index in [0.717, 1.165) is 19.3 Å². The minimum absolute atomic E-state index is 0.289. The van der Waals surface area contributed by atoms with Crippen molar-refractivity contribution in [1.82, 2.24) is 10.6 Å². The molecule has 114 valence electrons. The Kier molecular flexibility index (Phi) is 4.80. The number of methoxy groups -OCH3 is 1. The van der Waals surface area contributed by atoms with Crippen LogP contribution in [0.5, 0.6) is 0 Å². The van der Waals surface area contributed by atoms with Crippen molar-refractivity contribution in [2.45, 2.75) is 30.9 Å². The van der Waals surface area contributed by atoms with Gasteiger partial charge in [0.15, 0.2) is 6.04 Å². The fraction of sp³-hybridized carbons (Fsp3) is 0.467. The number of amides is 2. The van der Waals surface area contributed by atoms with Gasteiger partial charge in [-0.25, -0.2) is 9.59 Å². The Morgan fingerprint density at radius 1 is 1.33 bits per heavy atom. The fourth-order valence-corrected chi connectivity index (χ4v) is 2.38. The van der Waals surface area contributed by atoms with Gasteiger partial charge in [0.1, 0.15) is 0 Å². The van der Waals surface area contributed by atoms with Crippen molar-refractivity contribution in [3.8, 4) is 0 Å². The summed E-state index contributed by atoms with van der Waals surface area (Å²) in [7, 11) is 1.63. The Hall–Kier alpha value is -2.08. The standard InChI is InChI=1S/C15H20N2O4/c1-21-15(8-5-9-15)10-16-14(20)17-12(13(18)19)11-6-3-2-4-7-11/h2-4,6-7,12H,5,8-10H2,1H3,(H,18,19)(H2,16,17,20)/t12-/m0/s1. The molecule has 1 saturated carbocycles. The van der Waals surface area contributed by atoms with Crippen LogP contribution in [-0.4, -0.2) is 36.4 Å². The number of carbonyl (C=O) groups excluding carboxylic acids is 1. The highest BCUT2D eigenvalue weighted by atomic mass is 16.5. The molecule has 0 saturated heterocycles. The number of nitrogens with one attached hydrogen (secondary N) is 2. The Morgan fingerprint density at radius 2 is 2.00 bits per heavy atom. The highest BCUT2D eigenvalue weighted by Gasteiger charge is 2.37. The molecule has 0 bridgehead atoms. The van der Waals surface area contributed by atoms with Crippen LogP contribution < -0.4 is 10.6 Å². The van der Waals surface area contributed by atoms with Crippen LogP contribution in [0.1, 0.15) is 30.9 Å². The largest absolute Gasteiger partial charge is 0.479 e. The highest BCUT2D eigenvalue weighted by Crippen LogP contribution is 2.34. The summed E-state index contributed by atoms with van der Waals surface area (Å²) in [5, 5.41) is 14.4. The number of aliphatic carboxylic acids is 1. The summed E-state index contributed by atoms with van der Waals surface area (Å²) < 4.78 is 5.40. The van der Waals surface area contributed by atoms with Crippen LogP contribution in [0, 0.1) is 0 Å². The van der Waals surface area contributed by atoms with Crippen LogP contribution in [0.25, 0.3) is 0 Å². The van der Waals surface area contributed by atoms with E-state index in [2.05, 4.69) is 10.6 Å². The molecule has 6 heteroatoms. The second-order valence-corrected chi connectivity index (χ2v) is 5.25. The molecule has 1 atom stereocenters. The van der Waals surface area contributed by atoms with Gasteiger partial charge < -0.3 is 20.5 Å². The third kappa shape index (κ3) is 3.72. The molecule has 0 unspecified atom stereocenters. The van der Waals surface area contributed by atoms with Crippen LogP contribution >= 0.6 is 0 Å². The lowest BCUT2D eigenvalue weighted by Gasteiger charge is -2.40. The molecule has 0 aromatic heterocycles. The zero-order valence-electron chi connectivity index (χ0n) is 12.0. The Labute approximate surface area is 123 Å². The average molecular weight is 292 g/mol.